The predicted molar refractivity (Wildman–Crippen MR) is 83.3 cm³/mol. The fourth-order valence-corrected chi connectivity index (χ4v) is 2.04. The molecule has 4 N–H and O–H groups in total. The van der Waals surface area contributed by atoms with E-state index in [4.69, 9.17) is 5.73 Å². The number of nitrogens with two attached hydrogens (primary N) is 1. The smallest absolute Gasteiger partial charge is 0.251 e. The Morgan fingerprint density at radius 1 is 1.24 bits per heavy atom. The summed E-state index contributed by atoms with van der Waals surface area (Å²) in [5, 5.41) is 5.76. The third-order valence-electron chi connectivity index (χ3n) is 2.97. The maximum absolute atomic E-state index is 13.4. The zero-order valence-corrected chi connectivity index (χ0v) is 12.0. The molecule has 0 spiro atoms. The summed E-state index contributed by atoms with van der Waals surface area (Å²) in [5.74, 6) is -0.479. The van der Waals surface area contributed by atoms with Crippen LogP contribution in [0.5, 0.6) is 0 Å². The fourth-order valence-electron chi connectivity index (χ4n) is 2.04. The highest BCUT2D eigenvalue weighted by Gasteiger charge is 2.08. The van der Waals surface area contributed by atoms with E-state index in [0.717, 1.165) is 5.56 Å². The number of amides is 1. The molecule has 5 heteroatoms. The highest BCUT2D eigenvalue weighted by atomic mass is 19.1. The van der Waals surface area contributed by atoms with Crippen LogP contribution in [0.3, 0.4) is 0 Å². The molecular formula is C16H18FN3O. The van der Waals surface area contributed by atoms with Crippen molar-refractivity contribution in [3.8, 4) is 0 Å². The van der Waals surface area contributed by atoms with Gasteiger partial charge in [-0.15, -0.1) is 0 Å². The number of halogens is 1. The minimum atomic E-state index is -0.310. The lowest BCUT2D eigenvalue weighted by Crippen LogP contribution is -2.22. The predicted octanol–water partition coefficient (Wildman–Crippen LogP) is 3.21. The normalized spacial score (nSPS) is 10.2. The topological polar surface area (TPSA) is 67.2 Å². The van der Waals surface area contributed by atoms with Crippen molar-refractivity contribution < 1.29 is 9.18 Å². The van der Waals surface area contributed by atoms with Gasteiger partial charge in [0.15, 0.2) is 0 Å². The molecule has 0 bridgehead atoms. The summed E-state index contributed by atoms with van der Waals surface area (Å²) in [4.78, 5) is 11.7. The minimum absolute atomic E-state index is 0.169. The minimum Gasteiger partial charge on any atom is -0.397 e. The Morgan fingerprint density at radius 3 is 2.62 bits per heavy atom. The summed E-state index contributed by atoms with van der Waals surface area (Å²) in [6.45, 7) is 4.22. The number of benzene rings is 2. The van der Waals surface area contributed by atoms with Gasteiger partial charge in [-0.05, 0) is 55.8 Å². The quantitative estimate of drug-likeness (QED) is 0.756. The van der Waals surface area contributed by atoms with Crippen LogP contribution in [0.25, 0.3) is 0 Å². The van der Waals surface area contributed by atoms with E-state index in [1.165, 1.54) is 12.1 Å². The number of carbonyl (C=O) groups excluding carboxylic acids is 1. The lowest BCUT2D eigenvalue weighted by atomic mass is 10.1. The summed E-state index contributed by atoms with van der Waals surface area (Å²) in [5.41, 5.74) is 8.93. The summed E-state index contributed by atoms with van der Waals surface area (Å²) >= 11 is 0. The van der Waals surface area contributed by atoms with E-state index in [-0.39, 0.29) is 11.7 Å². The lowest BCUT2D eigenvalue weighted by Gasteiger charge is -2.11. The van der Waals surface area contributed by atoms with Gasteiger partial charge in [-0.3, -0.25) is 4.79 Å². The SMILES string of the molecule is CCNC(=O)c1ccc(Nc2cc(C)cc(F)c2)c(N)c1. The Hall–Kier alpha value is -2.56. The Kier molecular flexibility index (Phi) is 4.42. The Balaban J connectivity index is 2.23. The Morgan fingerprint density at radius 2 is 2.00 bits per heavy atom. The number of anilines is 3. The molecule has 0 saturated carbocycles. The average Bonchev–Trinajstić information content (AvgIpc) is 2.40. The fraction of sp³-hybridized carbons (Fsp3) is 0.188. The molecule has 0 saturated heterocycles. The van der Waals surface area contributed by atoms with Gasteiger partial charge in [-0.2, -0.15) is 0 Å². The van der Waals surface area contributed by atoms with E-state index in [0.29, 0.717) is 29.2 Å². The van der Waals surface area contributed by atoms with Crippen LogP contribution >= 0.6 is 0 Å². The number of hydrogen-bond acceptors (Lipinski definition) is 3. The van der Waals surface area contributed by atoms with Gasteiger partial charge >= 0.3 is 0 Å². The zero-order valence-electron chi connectivity index (χ0n) is 12.0. The maximum Gasteiger partial charge on any atom is 0.251 e. The molecule has 2 aromatic rings. The number of hydrogen-bond donors (Lipinski definition) is 3. The molecule has 0 aliphatic carbocycles. The van der Waals surface area contributed by atoms with Crippen LogP contribution < -0.4 is 16.4 Å². The molecule has 0 atom stereocenters. The second kappa shape index (κ2) is 6.26. The molecule has 0 heterocycles. The number of nitrogen functional groups attached to an aromatic ring is 1. The van der Waals surface area contributed by atoms with Crippen LogP contribution in [0.4, 0.5) is 21.5 Å². The van der Waals surface area contributed by atoms with Crippen molar-refractivity contribution in [3.63, 3.8) is 0 Å². The van der Waals surface area contributed by atoms with Crippen LogP contribution in [-0.4, -0.2) is 12.5 Å². The van der Waals surface area contributed by atoms with Crippen molar-refractivity contribution in [1.29, 1.82) is 0 Å². The first-order chi connectivity index (χ1) is 9.99. The first kappa shape index (κ1) is 14.8. The van der Waals surface area contributed by atoms with E-state index in [9.17, 15) is 9.18 Å². The molecule has 0 aromatic heterocycles. The molecule has 2 rings (SSSR count). The van der Waals surface area contributed by atoms with Gasteiger partial charge in [-0.25, -0.2) is 4.39 Å². The number of nitrogens with one attached hydrogen (secondary N) is 2. The van der Waals surface area contributed by atoms with Crippen molar-refractivity contribution in [3.05, 3.63) is 53.3 Å². The number of rotatable bonds is 4. The molecule has 0 unspecified atom stereocenters. The summed E-state index contributed by atoms with van der Waals surface area (Å²) in [7, 11) is 0. The molecule has 0 fully saturated rings. The Bertz CT molecular complexity index is 650. The van der Waals surface area contributed by atoms with Gasteiger partial charge in [0.05, 0.1) is 11.4 Å². The van der Waals surface area contributed by atoms with Gasteiger partial charge in [0.1, 0.15) is 5.82 Å². The van der Waals surface area contributed by atoms with E-state index >= 15 is 0 Å². The third kappa shape index (κ3) is 3.72. The molecule has 2 aromatic carbocycles. The van der Waals surface area contributed by atoms with Gasteiger partial charge in [-0.1, -0.05) is 0 Å². The summed E-state index contributed by atoms with van der Waals surface area (Å²) in [6.07, 6.45) is 0. The molecular weight excluding hydrogens is 269 g/mol. The van der Waals surface area contributed by atoms with Crippen molar-refractivity contribution >= 4 is 23.0 Å². The van der Waals surface area contributed by atoms with Crippen LogP contribution in [-0.2, 0) is 0 Å². The van der Waals surface area contributed by atoms with E-state index < -0.39 is 0 Å². The van der Waals surface area contributed by atoms with Crippen LogP contribution in [0, 0.1) is 12.7 Å². The highest BCUT2D eigenvalue weighted by Crippen LogP contribution is 2.25. The second-order valence-corrected chi connectivity index (χ2v) is 4.80. The molecule has 110 valence electrons. The largest absolute Gasteiger partial charge is 0.397 e. The van der Waals surface area contributed by atoms with Crippen LogP contribution in [0.1, 0.15) is 22.8 Å². The van der Waals surface area contributed by atoms with Gasteiger partial charge in [0.2, 0.25) is 0 Å². The molecule has 0 aliphatic rings. The number of carbonyl (C=O) groups is 1. The summed E-state index contributed by atoms with van der Waals surface area (Å²) < 4.78 is 13.4. The second-order valence-electron chi connectivity index (χ2n) is 4.80. The molecule has 0 aliphatic heterocycles. The molecule has 4 nitrogen and oxygen atoms in total. The molecule has 21 heavy (non-hydrogen) atoms. The van der Waals surface area contributed by atoms with Crippen molar-refractivity contribution in [2.75, 3.05) is 17.6 Å². The molecule has 0 radical (unpaired) electrons. The van der Waals surface area contributed by atoms with Gasteiger partial charge in [0, 0.05) is 17.8 Å². The van der Waals surface area contributed by atoms with Crippen molar-refractivity contribution in [1.82, 2.24) is 5.32 Å². The lowest BCUT2D eigenvalue weighted by molar-refractivity contribution is 0.0956. The average molecular weight is 287 g/mol. The van der Waals surface area contributed by atoms with Crippen LogP contribution in [0.15, 0.2) is 36.4 Å². The summed E-state index contributed by atoms with van der Waals surface area (Å²) in [6, 6.07) is 9.65. The van der Waals surface area contributed by atoms with Gasteiger partial charge < -0.3 is 16.4 Å². The van der Waals surface area contributed by atoms with E-state index in [2.05, 4.69) is 10.6 Å². The standard InChI is InChI=1S/C16H18FN3O/c1-3-19-16(21)11-4-5-15(14(18)8-11)20-13-7-10(2)6-12(17)9-13/h4-9,20H,3,18H2,1-2H3,(H,19,21). The van der Waals surface area contributed by atoms with Crippen molar-refractivity contribution in [2.24, 2.45) is 0 Å². The third-order valence-corrected chi connectivity index (χ3v) is 2.97. The first-order valence-electron chi connectivity index (χ1n) is 6.71. The highest BCUT2D eigenvalue weighted by molar-refractivity contribution is 5.96. The zero-order chi connectivity index (χ0) is 15.4. The molecule has 1 amide bonds. The van der Waals surface area contributed by atoms with Gasteiger partial charge in [0.25, 0.3) is 5.91 Å². The first-order valence-corrected chi connectivity index (χ1v) is 6.71. The Labute approximate surface area is 123 Å². The van der Waals surface area contributed by atoms with E-state index in [1.807, 2.05) is 19.9 Å². The van der Waals surface area contributed by atoms with Crippen molar-refractivity contribution in [2.45, 2.75) is 13.8 Å². The van der Waals surface area contributed by atoms with E-state index in [1.54, 1.807) is 18.2 Å². The number of aryl methyl sites for hydroxylation is 1. The maximum atomic E-state index is 13.4. The monoisotopic (exact) mass is 287 g/mol. The van der Waals surface area contributed by atoms with Crippen LogP contribution in [0.2, 0.25) is 0 Å².